The fourth-order valence-corrected chi connectivity index (χ4v) is 3.51. The summed E-state index contributed by atoms with van der Waals surface area (Å²) in [5.41, 5.74) is 6.09. The van der Waals surface area contributed by atoms with E-state index in [0.29, 0.717) is 0 Å². The molecule has 0 saturated heterocycles. The molecule has 0 spiro atoms. The first-order valence-corrected chi connectivity index (χ1v) is 8.07. The van der Waals surface area contributed by atoms with Crippen molar-refractivity contribution in [2.45, 2.75) is 32.7 Å². The maximum Gasteiger partial charge on any atom is 0.128 e. The molecule has 0 fully saturated rings. The molecule has 1 unspecified atom stereocenters. The van der Waals surface area contributed by atoms with E-state index in [9.17, 15) is 0 Å². The highest BCUT2D eigenvalue weighted by molar-refractivity contribution is 7.08. The SMILES string of the molecule is Cc1cscc1Cn1c(C(C)Cl)nc2c(C)cccc21. The third-order valence-corrected chi connectivity index (χ3v) is 4.76. The maximum absolute atomic E-state index is 6.33. The smallest absolute Gasteiger partial charge is 0.128 e. The zero-order valence-corrected chi connectivity index (χ0v) is 13.4. The third-order valence-electron chi connectivity index (χ3n) is 3.66. The Kier molecular flexibility index (Phi) is 3.57. The lowest BCUT2D eigenvalue weighted by Crippen LogP contribution is -2.05. The summed E-state index contributed by atoms with van der Waals surface area (Å²) in [5, 5.41) is 4.30. The van der Waals surface area contributed by atoms with Crippen LogP contribution in [0.3, 0.4) is 0 Å². The van der Waals surface area contributed by atoms with Crippen molar-refractivity contribution >= 4 is 34.0 Å². The fraction of sp³-hybridized carbons (Fsp3) is 0.312. The van der Waals surface area contributed by atoms with Crippen molar-refractivity contribution in [3.8, 4) is 0 Å². The highest BCUT2D eigenvalue weighted by Crippen LogP contribution is 2.28. The molecule has 0 N–H and O–H groups in total. The zero-order valence-electron chi connectivity index (χ0n) is 11.9. The van der Waals surface area contributed by atoms with E-state index in [1.165, 1.54) is 16.7 Å². The van der Waals surface area contributed by atoms with Gasteiger partial charge in [-0.15, -0.1) is 11.6 Å². The van der Waals surface area contributed by atoms with Gasteiger partial charge in [0.2, 0.25) is 0 Å². The van der Waals surface area contributed by atoms with Gasteiger partial charge >= 0.3 is 0 Å². The Morgan fingerprint density at radius 1 is 1.25 bits per heavy atom. The van der Waals surface area contributed by atoms with Gasteiger partial charge in [0.05, 0.1) is 23.0 Å². The van der Waals surface area contributed by atoms with E-state index < -0.39 is 0 Å². The fourth-order valence-electron chi connectivity index (χ4n) is 2.49. The average Bonchev–Trinajstić information content (AvgIpc) is 2.96. The number of para-hydroxylation sites is 1. The molecule has 0 radical (unpaired) electrons. The van der Waals surface area contributed by atoms with E-state index in [-0.39, 0.29) is 5.38 Å². The monoisotopic (exact) mass is 304 g/mol. The van der Waals surface area contributed by atoms with Gasteiger partial charge in [0, 0.05) is 0 Å². The Morgan fingerprint density at radius 2 is 2.05 bits per heavy atom. The van der Waals surface area contributed by atoms with E-state index in [2.05, 4.69) is 47.4 Å². The van der Waals surface area contributed by atoms with Gasteiger partial charge in [-0.1, -0.05) is 12.1 Å². The Bertz CT molecular complexity index is 755. The first-order valence-electron chi connectivity index (χ1n) is 6.69. The molecular weight excluding hydrogens is 288 g/mol. The number of alkyl halides is 1. The zero-order chi connectivity index (χ0) is 14.3. The molecule has 1 atom stereocenters. The standard InChI is InChI=1S/C16H17ClN2S/c1-10-5-4-6-14-15(10)18-16(12(3)17)19(14)7-13-9-20-8-11(13)2/h4-6,8-9,12H,7H2,1-3H3. The summed E-state index contributed by atoms with van der Waals surface area (Å²) >= 11 is 8.08. The second-order valence-electron chi connectivity index (χ2n) is 5.19. The van der Waals surface area contributed by atoms with Gasteiger partial charge < -0.3 is 4.57 Å². The third kappa shape index (κ3) is 2.25. The van der Waals surface area contributed by atoms with E-state index in [4.69, 9.17) is 16.6 Å². The maximum atomic E-state index is 6.33. The molecule has 2 heterocycles. The number of hydrogen-bond acceptors (Lipinski definition) is 2. The lowest BCUT2D eigenvalue weighted by Gasteiger charge is -2.10. The number of fused-ring (bicyclic) bond motifs is 1. The van der Waals surface area contributed by atoms with Crippen LogP contribution in [0, 0.1) is 13.8 Å². The van der Waals surface area contributed by atoms with Crippen LogP contribution in [-0.2, 0) is 6.54 Å². The molecule has 0 aliphatic carbocycles. The minimum absolute atomic E-state index is 0.0965. The summed E-state index contributed by atoms with van der Waals surface area (Å²) in [5.74, 6) is 0.946. The lowest BCUT2D eigenvalue weighted by atomic mass is 10.2. The summed E-state index contributed by atoms with van der Waals surface area (Å²) < 4.78 is 2.25. The van der Waals surface area contributed by atoms with Crippen LogP contribution in [0.25, 0.3) is 11.0 Å². The van der Waals surface area contributed by atoms with Crippen LogP contribution in [0.15, 0.2) is 29.0 Å². The summed E-state index contributed by atoms with van der Waals surface area (Å²) in [6.07, 6.45) is 0. The molecule has 0 saturated carbocycles. The van der Waals surface area contributed by atoms with Gasteiger partial charge in [0.15, 0.2) is 0 Å². The summed E-state index contributed by atoms with van der Waals surface area (Å²) in [7, 11) is 0. The van der Waals surface area contributed by atoms with Crippen LogP contribution in [0.2, 0.25) is 0 Å². The first kappa shape index (κ1) is 13.7. The highest BCUT2D eigenvalue weighted by atomic mass is 35.5. The minimum atomic E-state index is -0.0965. The molecule has 1 aromatic carbocycles. The summed E-state index contributed by atoms with van der Waals surface area (Å²) in [6, 6.07) is 6.30. The number of aromatic nitrogens is 2. The van der Waals surface area contributed by atoms with Crippen LogP contribution < -0.4 is 0 Å². The number of nitrogens with zero attached hydrogens (tertiary/aromatic N) is 2. The van der Waals surface area contributed by atoms with Gasteiger partial charge in [-0.05, 0) is 54.3 Å². The Hall–Kier alpha value is -1.32. The molecule has 2 nitrogen and oxygen atoms in total. The van der Waals surface area contributed by atoms with Crippen LogP contribution in [0.1, 0.15) is 34.8 Å². The first-order chi connectivity index (χ1) is 9.58. The topological polar surface area (TPSA) is 17.8 Å². The van der Waals surface area contributed by atoms with Crippen molar-refractivity contribution in [1.82, 2.24) is 9.55 Å². The van der Waals surface area contributed by atoms with Gasteiger partial charge in [-0.25, -0.2) is 4.98 Å². The lowest BCUT2D eigenvalue weighted by molar-refractivity contribution is 0.741. The van der Waals surface area contributed by atoms with E-state index >= 15 is 0 Å². The van der Waals surface area contributed by atoms with Gasteiger partial charge in [0.1, 0.15) is 5.82 Å². The number of benzene rings is 1. The molecule has 0 aliphatic heterocycles. The number of thiophene rings is 1. The van der Waals surface area contributed by atoms with E-state index in [1.807, 2.05) is 6.92 Å². The Labute approximate surface area is 128 Å². The number of halogens is 1. The van der Waals surface area contributed by atoms with Crippen LogP contribution in [-0.4, -0.2) is 9.55 Å². The predicted molar refractivity (Wildman–Crippen MR) is 86.9 cm³/mol. The normalized spacial score (nSPS) is 13.0. The summed E-state index contributed by atoms with van der Waals surface area (Å²) in [4.78, 5) is 4.76. The van der Waals surface area contributed by atoms with Crippen molar-refractivity contribution in [1.29, 1.82) is 0 Å². The largest absolute Gasteiger partial charge is 0.322 e. The van der Waals surface area contributed by atoms with Gasteiger partial charge in [0.25, 0.3) is 0 Å². The molecule has 0 aliphatic rings. The molecule has 0 amide bonds. The molecule has 2 aromatic heterocycles. The number of aryl methyl sites for hydroxylation is 2. The molecule has 104 valence electrons. The second-order valence-corrected chi connectivity index (χ2v) is 6.59. The highest BCUT2D eigenvalue weighted by Gasteiger charge is 2.16. The predicted octanol–water partition coefficient (Wildman–Crippen LogP) is 5.06. The molecule has 3 aromatic rings. The van der Waals surface area contributed by atoms with Crippen LogP contribution in [0.4, 0.5) is 0 Å². The van der Waals surface area contributed by atoms with Crippen molar-refractivity contribution in [3.63, 3.8) is 0 Å². The number of hydrogen-bond donors (Lipinski definition) is 0. The number of rotatable bonds is 3. The molecular formula is C16H17ClN2S. The minimum Gasteiger partial charge on any atom is -0.322 e. The quantitative estimate of drug-likeness (QED) is 0.618. The van der Waals surface area contributed by atoms with Crippen molar-refractivity contribution in [2.24, 2.45) is 0 Å². The Morgan fingerprint density at radius 3 is 2.70 bits per heavy atom. The van der Waals surface area contributed by atoms with E-state index in [1.54, 1.807) is 11.3 Å². The van der Waals surface area contributed by atoms with Crippen molar-refractivity contribution in [2.75, 3.05) is 0 Å². The summed E-state index contributed by atoms with van der Waals surface area (Å²) in [6.45, 7) is 7.06. The van der Waals surface area contributed by atoms with E-state index in [0.717, 1.165) is 23.4 Å². The van der Waals surface area contributed by atoms with Crippen molar-refractivity contribution in [3.05, 3.63) is 51.5 Å². The van der Waals surface area contributed by atoms with Crippen LogP contribution in [0.5, 0.6) is 0 Å². The Balaban J connectivity index is 2.19. The molecule has 20 heavy (non-hydrogen) atoms. The van der Waals surface area contributed by atoms with Gasteiger partial charge in [-0.2, -0.15) is 11.3 Å². The molecule has 0 bridgehead atoms. The molecule has 3 rings (SSSR count). The van der Waals surface area contributed by atoms with Gasteiger partial charge in [-0.3, -0.25) is 0 Å². The molecule has 4 heteroatoms. The number of imidazole rings is 1. The average molecular weight is 305 g/mol. The van der Waals surface area contributed by atoms with Crippen LogP contribution >= 0.6 is 22.9 Å². The van der Waals surface area contributed by atoms with Crippen molar-refractivity contribution < 1.29 is 0 Å². The second kappa shape index (κ2) is 5.23.